The van der Waals surface area contributed by atoms with Gasteiger partial charge in [-0.3, -0.25) is 0 Å². The third-order valence-electron chi connectivity index (χ3n) is 3.05. The number of isothiocyanates is 1. The average Bonchev–Trinajstić information content (AvgIpc) is 3.16. The topological polar surface area (TPSA) is 83.5 Å². The van der Waals surface area contributed by atoms with Gasteiger partial charge in [0, 0.05) is 89.6 Å². The standard InChI is InChI=1S/C7H12N2O2S.C6H8N2O2S.2C2H6.2Ar/c1-5(12)8-3-6-4-9(2)7(10)11-6;1-8-3-5(2-7-4-11)10-6(8)9;2*1-2;;/h6H,3-4H2,1-2H3,(H,8,12);5H,2-3H2,1H3;2*1-2H3;;/t6-;5-;;;;/m00..../s1. The molecule has 0 spiro atoms. The number of nitrogens with zero attached hydrogens (tertiary/aromatic N) is 3. The van der Waals surface area contributed by atoms with Crippen molar-refractivity contribution in [2.75, 3.05) is 40.3 Å². The van der Waals surface area contributed by atoms with E-state index in [4.69, 9.17) is 21.7 Å². The van der Waals surface area contributed by atoms with Gasteiger partial charge in [0.1, 0.15) is 12.2 Å². The molecule has 0 radical (unpaired) electrons. The summed E-state index contributed by atoms with van der Waals surface area (Å²) in [6.07, 6.45) is -0.776. The van der Waals surface area contributed by atoms with Crippen LogP contribution >= 0.6 is 24.4 Å². The minimum atomic E-state index is -0.297. The number of carbonyl (C=O) groups is 2. The van der Waals surface area contributed by atoms with Crippen molar-refractivity contribution in [2.24, 2.45) is 4.99 Å². The number of carbonyl (C=O) groups excluding carboxylic acids is 2. The van der Waals surface area contributed by atoms with E-state index in [1.165, 1.54) is 4.90 Å². The van der Waals surface area contributed by atoms with Crippen molar-refractivity contribution in [1.29, 1.82) is 0 Å². The van der Waals surface area contributed by atoms with Gasteiger partial charge < -0.3 is 24.6 Å². The van der Waals surface area contributed by atoms with E-state index in [9.17, 15) is 9.59 Å². The van der Waals surface area contributed by atoms with Gasteiger partial charge in [0.15, 0.2) is 0 Å². The molecule has 2 aliphatic rings. The first-order chi connectivity index (χ1) is 12.8. The van der Waals surface area contributed by atoms with Crippen LogP contribution in [0.4, 0.5) is 9.59 Å². The van der Waals surface area contributed by atoms with Gasteiger partial charge in [0.2, 0.25) is 0 Å². The largest absolute Gasteiger partial charge is 0.442 e. The molecule has 12 heteroatoms. The molecule has 1 N–H and O–H groups in total. The van der Waals surface area contributed by atoms with Crippen LogP contribution in [0.2, 0.25) is 0 Å². The summed E-state index contributed by atoms with van der Waals surface area (Å²) in [6, 6.07) is 0. The molecule has 0 bridgehead atoms. The molecular formula is C17H32Ar2N4O4S2. The molecule has 2 heterocycles. The molecule has 0 aliphatic carbocycles. The van der Waals surface area contributed by atoms with Crippen LogP contribution in [0.5, 0.6) is 0 Å². The first kappa shape index (κ1) is 37.1. The SMILES string of the molecule is CC.CC.CC(=S)NC[C@H]1CN(C)C(=O)O1.CN1C[C@H](CN=C=S)OC1=O.[Ar].[Ar]. The number of ether oxygens (including phenoxy) is 2. The molecule has 2 rings (SSSR count). The normalized spacial score (nSPS) is 18.3. The van der Waals surface area contributed by atoms with Crippen molar-refractivity contribution in [3.63, 3.8) is 0 Å². The quantitative estimate of drug-likeness (QED) is 0.470. The van der Waals surface area contributed by atoms with Crippen molar-refractivity contribution in [1.82, 2.24) is 15.1 Å². The van der Waals surface area contributed by atoms with Gasteiger partial charge in [-0.1, -0.05) is 39.9 Å². The van der Waals surface area contributed by atoms with Crippen molar-refractivity contribution < 1.29 is 94.5 Å². The molecule has 8 nitrogen and oxygen atoms in total. The Kier molecular flexibility index (Phi) is 29.9. The second kappa shape index (κ2) is 23.4. The second-order valence-electron chi connectivity index (χ2n) is 5.14. The van der Waals surface area contributed by atoms with Gasteiger partial charge >= 0.3 is 12.2 Å². The van der Waals surface area contributed by atoms with E-state index in [0.717, 1.165) is 4.99 Å². The molecular weight excluding hydrogens is 468 g/mol. The van der Waals surface area contributed by atoms with Crippen molar-refractivity contribution in [3.05, 3.63) is 0 Å². The Balaban J connectivity index is -0.000000174. The molecule has 2 fully saturated rings. The van der Waals surface area contributed by atoms with E-state index in [0.29, 0.717) is 26.2 Å². The molecule has 0 aromatic carbocycles. The van der Waals surface area contributed by atoms with Gasteiger partial charge in [0.25, 0.3) is 0 Å². The third-order valence-corrected chi connectivity index (χ3v) is 3.32. The fraction of sp³-hybridized carbons (Fsp3) is 0.765. The maximum Gasteiger partial charge on any atom is 0.410 e. The van der Waals surface area contributed by atoms with Crippen molar-refractivity contribution >= 4 is 46.8 Å². The number of cyclic esters (lactones) is 2. The number of hydrogen-bond acceptors (Lipinski definition) is 7. The van der Waals surface area contributed by atoms with Crippen LogP contribution in [0.25, 0.3) is 0 Å². The number of nitrogens with one attached hydrogen (secondary N) is 1. The maximum absolute atomic E-state index is 10.9. The van der Waals surface area contributed by atoms with E-state index in [1.807, 2.05) is 27.7 Å². The summed E-state index contributed by atoms with van der Waals surface area (Å²) in [5.74, 6) is 0. The zero-order valence-corrected chi connectivity index (χ0v) is 21.0. The zero-order chi connectivity index (χ0) is 21.4. The van der Waals surface area contributed by atoms with Gasteiger partial charge in [0.05, 0.1) is 36.3 Å². The molecule has 29 heavy (non-hydrogen) atoms. The van der Waals surface area contributed by atoms with Gasteiger partial charge in [-0.15, -0.1) is 0 Å². The maximum atomic E-state index is 10.9. The van der Waals surface area contributed by atoms with Crippen LogP contribution in [0.15, 0.2) is 4.99 Å². The summed E-state index contributed by atoms with van der Waals surface area (Å²) in [5, 5.41) is 5.18. The monoisotopic (exact) mass is 500 g/mol. The smallest absolute Gasteiger partial charge is 0.410 e. The van der Waals surface area contributed by atoms with Crippen LogP contribution in [0.1, 0.15) is 34.6 Å². The molecule has 2 amide bonds. The summed E-state index contributed by atoms with van der Waals surface area (Å²) >= 11 is 9.20. The minimum Gasteiger partial charge on any atom is -0.442 e. The number of thiocarbonyl (C=S) groups is 2. The third kappa shape index (κ3) is 18.1. The van der Waals surface area contributed by atoms with Crippen molar-refractivity contribution in [2.45, 2.75) is 46.8 Å². The minimum absolute atomic E-state index is 0. The summed E-state index contributed by atoms with van der Waals surface area (Å²) in [5.41, 5.74) is 0. The van der Waals surface area contributed by atoms with E-state index in [1.54, 1.807) is 25.9 Å². The van der Waals surface area contributed by atoms with Gasteiger partial charge in [-0.05, 0) is 19.1 Å². The van der Waals surface area contributed by atoms with Crippen LogP contribution in [0.3, 0.4) is 0 Å². The molecule has 172 valence electrons. The van der Waals surface area contributed by atoms with E-state index in [-0.39, 0.29) is 99.9 Å². The van der Waals surface area contributed by atoms with E-state index in [2.05, 4.69) is 27.7 Å². The molecule has 0 saturated carbocycles. The number of likely N-dealkylation sites (N-methyl/N-ethyl adjacent to an activating group) is 2. The zero-order valence-electron chi connectivity index (χ0n) is 18.0. The number of hydrogen-bond donors (Lipinski definition) is 1. The molecule has 0 unspecified atom stereocenters. The van der Waals surface area contributed by atoms with Crippen LogP contribution in [-0.4, -0.2) is 84.6 Å². The van der Waals surface area contributed by atoms with E-state index < -0.39 is 0 Å². The molecule has 0 aromatic rings. The van der Waals surface area contributed by atoms with Crippen molar-refractivity contribution in [3.8, 4) is 0 Å². The Hall–Kier alpha value is 0.749. The molecule has 0 aromatic heterocycles. The fourth-order valence-electron chi connectivity index (χ4n) is 1.90. The van der Waals surface area contributed by atoms with Gasteiger partial charge in [-0.25, -0.2) is 14.6 Å². The fourth-order valence-corrected chi connectivity index (χ4v) is 2.06. The predicted molar refractivity (Wildman–Crippen MR) is 115 cm³/mol. The number of amides is 2. The Labute approximate surface area is 245 Å². The summed E-state index contributed by atoms with van der Waals surface area (Å²) < 4.78 is 9.87. The first-order valence-corrected chi connectivity index (χ1v) is 9.76. The molecule has 2 aliphatic heterocycles. The summed E-state index contributed by atoms with van der Waals surface area (Å²) in [6.45, 7) is 12.0. The van der Waals surface area contributed by atoms with Crippen LogP contribution < -0.4 is 5.32 Å². The molecule has 2 atom stereocenters. The van der Waals surface area contributed by atoms with E-state index >= 15 is 0 Å². The molecule has 2 saturated heterocycles. The average molecular weight is 500 g/mol. The summed E-state index contributed by atoms with van der Waals surface area (Å²) in [4.78, 5) is 29.1. The second-order valence-corrected chi connectivity index (χ2v) is 5.94. The van der Waals surface area contributed by atoms with Crippen LogP contribution in [0, 0.1) is 75.5 Å². The number of rotatable bonds is 4. The Morgan fingerprint density at radius 1 is 1.07 bits per heavy atom. The Morgan fingerprint density at radius 3 is 1.79 bits per heavy atom. The first-order valence-electron chi connectivity index (χ1n) is 8.95. The Morgan fingerprint density at radius 2 is 1.48 bits per heavy atom. The van der Waals surface area contributed by atoms with Gasteiger partial charge in [-0.2, -0.15) is 0 Å². The Bertz CT molecular complexity index is 522. The predicted octanol–water partition coefficient (Wildman–Crippen LogP) is 2.97. The summed E-state index contributed by atoms with van der Waals surface area (Å²) in [7, 11) is 3.40. The van der Waals surface area contributed by atoms with Crippen LogP contribution in [-0.2, 0) is 9.47 Å². The number of aliphatic imine (C=N–C) groups is 1.